The van der Waals surface area contributed by atoms with Gasteiger partial charge in [-0.1, -0.05) is 25.4 Å². The minimum Gasteiger partial charge on any atom is -0.396 e. The number of aryl methyl sites for hydroxylation is 2. The molecule has 104 valence electrons. The molecule has 1 aromatic heterocycles. The van der Waals surface area contributed by atoms with E-state index < -0.39 is 0 Å². The Morgan fingerprint density at radius 3 is 2.61 bits per heavy atom. The van der Waals surface area contributed by atoms with Crippen LogP contribution in [0.4, 0.5) is 0 Å². The van der Waals surface area contributed by atoms with Gasteiger partial charge in [-0.05, 0) is 26.2 Å². The highest BCUT2D eigenvalue weighted by Crippen LogP contribution is 2.21. The van der Waals surface area contributed by atoms with E-state index in [-0.39, 0.29) is 6.61 Å². The molecular weight excluding hydrogens is 250 g/mol. The molecule has 0 saturated heterocycles. The van der Waals surface area contributed by atoms with Crippen molar-refractivity contribution in [1.29, 1.82) is 0 Å². The summed E-state index contributed by atoms with van der Waals surface area (Å²) in [5.74, 6) is 0. The van der Waals surface area contributed by atoms with Gasteiger partial charge in [0.1, 0.15) is 0 Å². The number of aromatic nitrogens is 2. The Morgan fingerprint density at radius 1 is 1.39 bits per heavy atom. The molecule has 0 aliphatic rings. The van der Waals surface area contributed by atoms with E-state index in [1.54, 1.807) is 0 Å². The molecule has 0 radical (unpaired) electrons. The second-order valence-corrected chi connectivity index (χ2v) is 4.75. The number of aliphatic hydroxyl groups excluding tert-OH is 1. The number of nitrogens with zero attached hydrogens (tertiary/aromatic N) is 2. The quantitative estimate of drug-likeness (QED) is 0.765. The summed E-state index contributed by atoms with van der Waals surface area (Å²) in [6.45, 7) is 7.99. The Hall–Kier alpha value is -0.580. The lowest BCUT2D eigenvalue weighted by Crippen LogP contribution is -2.29. The smallest absolute Gasteiger partial charge is 0.0863 e. The second-order valence-electron chi connectivity index (χ2n) is 4.38. The number of hydrogen-bond acceptors (Lipinski definition) is 3. The van der Waals surface area contributed by atoms with Crippen LogP contribution in [-0.2, 0) is 19.5 Å². The molecule has 0 bridgehead atoms. The molecule has 0 spiro atoms. The van der Waals surface area contributed by atoms with E-state index in [4.69, 9.17) is 16.7 Å². The number of aliphatic hydroxyl groups is 1. The molecule has 0 amide bonds. The van der Waals surface area contributed by atoms with Crippen LogP contribution in [0.25, 0.3) is 0 Å². The van der Waals surface area contributed by atoms with Gasteiger partial charge in [0.15, 0.2) is 0 Å². The van der Waals surface area contributed by atoms with E-state index in [2.05, 4.69) is 31.2 Å². The van der Waals surface area contributed by atoms with Gasteiger partial charge in [0.05, 0.1) is 16.4 Å². The second kappa shape index (κ2) is 7.77. The summed E-state index contributed by atoms with van der Waals surface area (Å²) in [4.78, 5) is 0. The normalized spacial score (nSPS) is 12.9. The number of nitrogens with one attached hydrogen (secondary N) is 1. The first-order valence-electron chi connectivity index (χ1n) is 6.76. The van der Waals surface area contributed by atoms with Gasteiger partial charge in [-0.2, -0.15) is 5.10 Å². The van der Waals surface area contributed by atoms with Gasteiger partial charge < -0.3 is 10.4 Å². The molecule has 18 heavy (non-hydrogen) atoms. The molecule has 1 unspecified atom stereocenters. The van der Waals surface area contributed by atoms with Crippen LogP contribution in [0.3, 0.4) is 0 Å². The molecular formula is C13H24ClN3O. The maximum Gasteiger partial charge on any atom is 0.0863 e. The zero-order valence-corrected chi connectivity index (χ0v) is 12.3. The number of halogens is 1. The number of rotatable bonds is 8. The fourth-order valence-electron chi connectivity index (χ4n) is 2.03. The highest BCUT2D eigenvalue weighted by molar-refractivity contribution is 6.31. The highest BCUT2D eigenvalue weighted by atomic mass is 35.5. The Morgan fingerprint density at radius 2 is 2.11 bits per heavy atom. The average molecular weight is 274 g/mol. The molecule has 1 aromatic rings. The van der Waals surface area contributed by atoms with Crippen LogP contribution < -0.4 is 5.32 Å². The van der Waals surface area contributed by atoms with Crippen molar-refractivity contribution in [2.24, 2.45) is 0 Å². The Kier molecular flexibility index (Phi) is 6.68. The zero-order valence-electron chi connectivity index (χ0n) is 11.5. The molecule has 1 rings (SSSR count). The van der Waals surface area contributed by atoms with Crippen molar-refractivity contribution in [3.63, 3.8) is 0 Å². The molecule has 0 fully saturated rings. The third-order valence-electron chi connectivity index (χ3n) is 3.22. The van der Waals surface area contributed by atoms with Crippen LogP contribution in [0.2, 0.25) is 5.02 Å². The summed E-state index contributed by atoms with van der Waals surface area (Å²) >= 11 is 6.34. The summed E-state index contributed by atoms with van der Waals surface area (Å²) in [5, 5.41) is 17.7. The predicted octanol–water partition coefficient (Wildman–Crippen LogP) is 2.37. The third kappa shape index (κ3) is 3.70. The third-order valence-corrected chi connectivity index (χ3v) is 3.66. The van der Waals surface area contributed by atoms with Gasteiger partial charge in [0, 0.05) is 25.7 Å². The van der Waals surface area contributed by atoms with Crippen molar-refractivity contribution in [2.75, 3.05) is 6.61 Å². The van der Waals surface area contributed by atoms with Crippen molar-refractivity contribution in [2.45, 2.75) is 59.2 Å². The van der Waals surface area contributed by atoms with E-state index in [0.717, 1.165) is 42.2 Å². The van der Waals surface area contributed by atoms with E-state index in [9.17, 15) is 0 Å². The Labute approximate surface area is 114 Å². The lowest BCUT2D eigenvalue weighted by atomic mass is 10.1. The first-order valence-corrected chi connectivity index (χ1v) is 7.13. The minimum absolute atomic E-state index is 0.215. The molecule has 1 atom stereocenters. The van der Waals surface area contributed by atoms with Crippen molar-refractivity contribution >= 4 is 11.6 Å². The fourth-order valence-corrected chi connectivity index (χ4v) is 2.37. The van der Waals surface area contributed by atoms with Gasteiger partial charge >= 0.3 is 0 Å². The van der Waals surface area contributed by atoms with Gasteiger partial charge in [0.2, 0.25) is 0 Å². The highest BCUT2D eigenvalue weighted by Gasteiger charge is 2.15. The van der Waals surface area contributed by atoms with Gasteiger partial charge in [0.25, 0.3) is 0 Å². The molecule has 0 aliphatic carbocycles. The summed E-state index contributed by atoms with van der Waals surface area (Å²) in [6.07, 6.45) is 2.63. The van der Waals surface area contributed by atoms with E-state index in [1.165, 1.54) is 0 Å². The lowest BCUT2D eigenvalue weighted by Gasteiger charge is -2.16. The topological polar surface area (TPSA) is 50.1 Å². The standard InChI is InChI=1S/C13H24ClN3O/c1-4-10(7-8-18)15-9-12-13(14)11(5-2)16-17(12)6-3/h10,15,18H,4-9H2,1-3H3. The van der Waals surface area contributed by atoms with Crippen molar-refractivity contribution in [3.8, 4) is 0 Å². The molecule has 4 nitrogen and oxygen atoms in total. The van der Waals surface area contributed by atoms with Crippen LogP contribution in [0.5, 0.6) is 0 Å². The number of hydrogen-bond donors (Lipinski definition) is 2. The van der Waals surface area contributed by atoms with Crippen LogP contribution in [0.15, 0.2) is 0 Å². The largest absolute Gasteiger partial charge is 0.396 e. The maximum absolute atomic E-state index is 8.98. The van der Waals surface area contributed by atoms with Crippen LogP contribution in [-0.4, -0.2) is 27.5 Å². The van der Waals surface area contributed by atoms with E-state index >= 15 is 0 Å². The Bertz CT molecular complexity index is 365. The first-order chi connectivity index (χ1) is 8.67. The van der Waals surface area contributed by atoms with Crippen LogP contribution in [0, 0.1) is 0 Å². The SMILES string of the molecule is CCc1nn(CC)c(CNC(CC)CCO)c1Cl. The van der Waals surface area contributed by atoms with Gasteiger partial charge in [-0.25, -0.2) is 0 Å². The van der Waals surface area contributed by atoms with Crippen LogP contribution in [0.1, 0.15) is 45.0 Å². The molecule has 0 aliphatic heterocycles. The maximum atomic E-state index is 8.98. The lowest BCUT2D eigenvalue weighted by molar-refractivity contribution is 0.261. The van der Waals surface area contributed by atoms with Gasteiger partial charge in [-0.15, -0.1) is 0 Å². The monoisotopic (exact) mass is 273 g/mol. The van der Waals surface area contributed by atoms with Crippen molar-refractivity contribution in [3.05, 3.63) is 16.4 Å². The summed E-state index contributed by atoms with van der Waals surface area (Å²) in [5.41, 5.74) is 2.01. The van der Waals surface area contributed by atoms with E-state index in [0.29, 0.717) is 12.6 Å². The zero-order chi connectivity index (χ0) is 13.5. The Balaban J connectivity index is 2.73. The summed E-state index contributed by atoms with van der Waals surface area (Å²) < 4.78 is 1.96. The van der Waals surface area contributed by atoms with E-state index in [1.807, 2.05) is 4.68 Å². The van der Waals surface area contributed by atoms with Crippen molar-refractivity contribution < 1.29 is 5.11 Å². The molecule has 2 N–H and O–H groups in total. The molecule has 1 heterocycles. The fraction of sp³-hybridized carbons (Fsp3) is 0.769. The van der Waals surface area contributed by atoms with Crippen molar-refractivity contribution in [1.82, 2.24) is 15.1 Å². The van der Waals surface area contributed by atoms with Crippen LogP contribution >= 0.6 is 11.6 Å². The molecule has 5 heteroatoms. The minimum atomic E-state index is 0.215. The first kappa shape index (κ1) is 15.5. The predicted molar refractivity (Wildman–Crippen MR) is 74.9 cm³/mol. The molecule has 0 saturated carbocycles. The summed E-state index contributed by atoms with van der Waals surface area (Å²) in [7, 11) is 0. The molecule has 0 aromatic carbocycles. The average Bonchev–Trinajstić information content (AvgIpc) is 2.70. The van der Waals surface area contributed by atoms with Gasteiger partial charge in [-0.3, -0.25) is 4.68 Å². The summed E-state index contributed by atoms with van der Waals surface area (Å²) in [6, 6.07) is 0.330.